The molecule has 0 radical (unpaired) electrons. The summed E-state index contributed by atoms with van der Waals surface area (Å²) in [5.74, 6) is 5.68. The maximum atomic E-state index is 6.26. The third-order valence-electron chi connectivity index (χ3n) is 3.48. The van der Waals surface area contributed by atoms with Crippen LogP contribution in [-0.4, -0.2) is 9.78 Å². The molecule has 4 nitrogen and oxygen atoms in total. The van der Waals surface area contributed by atoms with E-state index in [1.165, 1.54) is 0 Å². The fourth-order valence-electron chi connectivity index (χ4n) is 2.21. The van der Waals surface area contributed by atoms with E-state index in [0.717, 1.165) is 27.4 Å². The smallest absolute Gasteiger partial charge is 0.130 e. The summed E-state index contributed by atoms with van der Waals surface area (Å²) >= 11 is 12.4. The van der Waals surface area contributed by atoms with Gasteiger partial charge in [0.05, 0.1) is 11.7 Å². The van der Waals surface area contributed by atoms with Crippen molar-refractivity contribution in [2.24, 2.45) is 12.9 Å². The highest BCUT2D eigenvalue weighted by atomic mass is 35.5. The minimum Gasteiger partial charge on any atom is -0.271 e. The molecule has 1 heterocycles. The molecule has 0 fully saturated rings. The van der Waals surface area contributed by atoms with Crippen LogP contribution in [0.15, 0.2) is 18.2 Å². The first kappa shape index (κ1) is 15.3. The van der Waals surface area contributed by atoms with Crippen LogP contribution in [0, 0.1) is 13.8 Å². The Morgan fingerprint density at radius 3 is 2.55 bits per heavy atom. The maximum Gasteiger partial charge on any atom is 0.130 e. The Kier molecular flexibility index (Phi) is 4.70. The third kappa shape index (κ3) is 2.99. The first-order chi connectivity index (χ1) is 9.43. The molecule has 0 saturated heterocycles. The van der Waals surface area contributed by atoms with Gasteiger partial charge in [-0.2, -0.15) is 5.10 Å². The SMILES string of the molecule is Cc1ccc(C(Cc2c(C)nn(C)c2Cl)NN)cc1Cl. The van der Waals surface area contributed by atoms with Gasteiger partial charge in [-0.05, 0) is 37.5 Å². The number of nitrogens with two attached hydrogens (primary N) is 1. The molecule has 3 N–H and O–H groups in total. The van der Waals surface area contributed by atoms with Gasteiger partial charge in [-0.25, -0.2) is 0 Å². The molecule has 0 aliphatic rings. The quantitative estimate of drug-likeness (QED) is 0.674. The highest BCUT2D eigenvalue weighted by molar-refractivity contribution is 6.31. The topological polar surface area (TPSA) is 55.9 Å². The number of benzene rings is 1. The summed E-state index contributed by atoms with van der Waals surface area (Å²) < 4.78 is 1.67. The van der Waals surface area contributed by atoms with E-state index in [1.54, 1.807) is 4.68 Å². The number of rotatable bonds is 4. The van der Waals surface area contributed by atoms with Gasteiger partial charge in [0.25, 0.3) is 0 Å². The zero-order valence-electron chi connectivity index (χ0n) is 11.7. The average molecular weight is 313 g/mol. The Balaban J connectivity index is 2.31. The number of hydrogen-bond acceptors (Lipinski definition) is 3. The molecule has 0 bridgehead atoms. The number of nitrogens with zero attached hydrogens (tertiary/aromatic N) is 2. The summed E-state index contributed by atoms with van der Waals surface area (Å²) in [5.41, 5.74) is 6.80. The molecule has 1 aromatic heterocycles. The molecular weight excluding hydrogens is 295 g/mol. The molecule has 1 aromatic carbocycles. The number of hydrogen-bond donors (Lipinski definition) is 2. The van der Waals surface area contributed by atoms with E-state index in [4.69, 9.17) is 29.0 Å². The molecule has 0 saturated carbocycles. The van der Waals surface area contributed by atoms with Crippen LogP contribution in [0.2, 0.25) is 10.2 Å². The Morgan fingerprint density at radius 1 is 1.35 bits per heavy atom. The van der Waals surface area contributed by atoms with Crippen molar-refractivity contribution in [1.29, 1.82) is 0 Å². The third-order valence-corrected chi connectivity index (χ3v) is 4.36. The van der Waals surface area contributed by atoms with Gasteiger partial charge in [0.15, 0.2) is 0 Å². The fourth-order valence-corrected chi connectivity index (χ4v) is 2.65. The largest absolute Gasteiger partial charge is 0.271 e. The minimum absolute atomic E-state index is 0.0616. The monoisotopic (exact) mass is 312 g/mol. The fraction of sp³-hybridized carbons (Fsp3) is 0.357. The number of aromatic nitrogens is 2. The maximum absolute atomic E-state index is 6.26. The molecule has 0 amide bonds. The lowest BCUT2D eigenvalue weighted by Crippen LogP contribution is -2.29. The molecule has 2 aromatic rings. The van der Waals surface area contributed by atoms with Gasteiger partial charge in [0, 0.05) is 17.6 Å². The van der Waals surface area contributed by atoms with Crippen molar-refractivity contribution in [2.75, 3.05) is 0 Å². The minimum atomic E-state index is -0.0616. The molecule has 6 heteroatoms. The van der Waals surface area contributed by atoms with Gasteiger partial charge < -0.3 is 0 Å². The summed E-state index contributed by atoms with van der Waals surface area (Å²) in [6, 6.07) is 5.88. The van der Waals surface area contributed by atoms with Crippen molar-refractivity contribution in [3.63, 3.8) is 0 Å². The Hall–Kier alpha value is -1.07. The summed E-state index contributed by atoms with van der Waals surface area (Å²) in [7, 11) is 1.83. The standard InChI is InChI=1S/C14H18Cl2N4/c1-8-4-5-10(6-12(8)15)13(18-17)7-11-9(2)19-20(3)14(11)16/h4-6,13,18H,7,17H2,1-3H3. The lowest BCUT2D eigenvalue weighted by Gasteiger charge is -2.17. The van der Waals surface area contributed by atoms with Gasteiger partial charge in [-0.15, -0.1) is 0 Å². The van der Waals surface area contributed by atoms with Crippen LogP contribution in [0.5, 0.6) is 0 Å². The molecule has 2 rings (SSSR count). The second-order valence-corrected chi connectivity index (χ2v) is 5.68. The first-order valence-electron chi connectivity index (χ1n) is 6.34. The second-order valence-electron chi connectivity index (χ2n) is 4.91. The van der Waals surface area contributed by atoms with Crippen LogP contribution in [0.4, 0.5) is 0 Å². The van der Waals surface area contributed by atoms with Gasteiger partial charge in [-0.3, -0.25) is 16.0 Å². The lowest BCUT2D eigenvalue weighted by molar-refractivity contribution is 0.551. The molecule has 108 valence electrons. The summed E-state index contributed by atoms with van der Waals surface area (Å²) in [5, 5.41) is 5.69. The zero-order chi connectivity index (χ0) is 14.9. The van der Waals surface area contributed by atoms with Crippen molar-refractivity contribution in [1.82, 2.24) is 15.2 Å². The van der Waals surface area contributed by atoms with Gasteiger partial charge in [0.1, 0.15) is 5.15 Å². The van der Waals surface area contributed by atoms with E-state index in [0.29, 0.717) is 11.6 Å². The van der Waals surface area contributed by atoms with E-state index in [1.807, 2.05) is 39.1 Å². The Labute approximate surface area is 128 Å². The van der Waals surface area contributed by atoms with Crippen molar-refractivity contribution >= 4 is 23.2 Å². The first-order valence-corrected chi connectivity index (χ1v) is 7.09. The van der Waals surface area contributed by atoms with Crippen molar-refractivity contribution in [2.45, 2.75) is 26.3 Å². The molecule has 1 unspecified atom stereocenters. The number of halogens is 2. The predicted molar refractivity (Wildman–Crippen MR) is 82.9 cm³/mol. The van der Waals surface area contributed by atoms with Gasteiger partial charge in [-0.1, -0.05) is 35.3 Å². The van der Waals surface area contributed by atoms with E-state index < -0.39 is 0 Å². The van der Waals surface area contributed by atoms with Gasteiger partial charge in [0.2, 0.25) is 0 Å². The van der Waals surface area contributed by atoms with E-state index in [-0.39, 0.29) is 6.04 Å². The zero-order valence-corrected chi connectivity index (χ0v) is 13.3. The molecular formula is C14H18Cl2N4. The van der Waals surface area contributed by atoms with Crippen LogP contribution < -0.4 is 11.3 Å². The van der Waals surface area contributed by atoms with Crippen molar-refractivity contribution in [3.8, 4) is 0 Å². The van der Waals surface area contributed by atoms with Crippen LogP contribution in [0.3, 0.4) is 0 Å². The van der Waals surface area contributed by atoms with Crippen molar-refractivity contribution in [3.05, 3.63) is 50.8 Å². The molecule has 0 aliphatic heterocycles. The van der Waals surface area contributed by atoms with Crippen LogP contribution in [-0.2, 0) is 13.5 Å². The Morgan fingerprint density at radius 2 is 2.05 bits per heavy atom. The lowest BCUT2D eigenvalue weighted by atomic mass is 9.99. The number of aryl methyl sites for hydroxylation is 3. The van der Waals surface area contributed by atoms with Crippen molar-refractivity contribution < 1.29 is 0 Å². The summed E-state index contributed by atoms with van der Waals surface area (Å²) in [4.78, 5) is 0. The highest BCUT2D eigenvalue weighted by Crippen LogP contribution is 2.27. The molecule has 0 aliphatic carbocycles. The van der Waals surface area contributed by atoms with Crippen LogP contribution >= 0.6 is 23.2 Å². The normalized spacial score (nSPS) is 12.7. The van der Waals surface area contributed by atoms with Gasteiger partial charge >= 0.3 is 0 Å². The predicted octanol–water partition coefficient (Wildman–Crippen LogP) is 3.09. The van der Waals surface area contributed by atoms with Crippen LogP contribution in [0.25, 0.3) is 0 Å². The highest BCUT2D eigenvalue weighted by Gasteiger charge is 2.18. The number of hydrazine groups is 1. The average Bonchev–Trinajstić information content (AvgIpc) is 2.65. The molecule has 20 heavy (non-hydrogen) atoms. The molecule has 1 atom stereocenters. The van der Waals surface area contributed by atoms with E-state index in [9.17, 15) is 0 Å². The second kappa shape index (κ2) is 6.14. The van der Waals surface area contributed by atoms with E-state index in [2.05, 4.69) is 10.5 Å². The molecule has 0 spiro atoms. The number of nitrogens with one attached hydrogen (secondary N) is 1. The summed E-state index contributed by atoms with van der Waals surface area (Å²) in [6.45, 7) is 3.91. The van der Waals surface area contributed by atoms with Crippen LogP contribution in [0.1, 0.15) is 28.4 Å². The van der Waals surface area contributed by atoms with E-state index >= 15 is 0 Å². The Bertz CT molecular complexity index is 622. The summed E-state index contributed by atoms with van der Waals surface area (Å²) in [6.07, 6.45) is 0.661.